The average molecular weight is 324 g/mol. The van der Waals surface area contributed by atoms with Crippen molar-refractivity contribution in [2.45, 2.75) is 44.8 Å². The third-order valence-electron chi connectivity index (χ3n) is 4.80. The van der Waals surface area contributed by atoms with Gasteiger partial charge >= 0.3 is 0 Å². The van der Waals surface area contributed by atoms with Crippen LogP contribution in [0.15, 0.2) is 42.5 Å². The Labute approximate surface area is 142 Å². The molecule has 0 bridgehead atoms. The first-order chi connectivity index (χ1) is 11.5. The molecule has 0 atom stereocenters. The summed E-state index contributed by atoms with van der Waals surface area (Å²) in [6, 6.07) is 14.2. The van der Waals surface area contributed by atoms with Crippen molar-refractivity contribution in [1.82, 2.24) is 0 Å². The SMILES string of the molecule is Cc1ccccc1-c1ccc(NC2CCC(O)CC2)c(C(N)=O)c1. The second-order valence-electron chi connectivity index (χ2n) is 6.59. The minimum Gasteiger partial charge on any atom is -0.393 e. The van der Waals surface area contributed by atoms with Crippen LogP contribution in [0.25, 0.3) is 11.1 Å². The van der Waals surface area contributed by atoms with Crippen LogP contribution < -0.4 is 11.1 Å². The van der Waals surface area contributed by atoms with Gasteiger partial charge in [0.1, 0.15) is 0 Å². The molecule has 0 aromatic heterocycles. The molecule has 0 heterocycles. The van der Waals surface area contributed by atoms with E-state index in [1.807, 2.05) is 36.4 Å². The predicted octanol–water partition coefficient (Wildman–Crippen LogP) is 3.48. The summed E-state index contributed by atoms with van der Waals surface area (Å²) >= 11 is 0. The summed E-state index contributed by atoms with van der Waals surface area (Å²) in [5.74, 6) is -0.427. The number of aryl methyl sites for hydroxylation is 1. The molecule has 4 nitrogen and oxygen atoms in total. The molecule has 0 aliphatic heterocycles. The highest BCUT2D eigenvalue weighted by molar-refractivity contribution is 6.00. The Bertz CT molecular complexity index is 734. The van der Waals surface area contributed by atoms with E-state index in [0.29, 0.717) is 5.56 Å². The van der Waals surface area contributed by atoms with Crippen molar-refractivity contribution in [3.8, 4) is 11.1 Å². The standard InChI is InChI=1S/C20H24N2O2/c1-13-4-2-3-5-17(13)14-6-11-19(18(12-14)20(21)24)22-15-7-9-16(23)10-8-15/h2-6,11-12,15-16,22-23H,7-10H2,1H3,(H2,21,24). The summed E-state index contributed by atoms with van der Waals surface area (Å²) in [4.78, 5) is 11.9. The first kappa shape index (κ1) is 16.5. The van der Waals surface area contributed by atoms with Crippen molar-refractivity contribution in [3.63, 3.8) is 0 Å². The van der Waals surface area contributed by atoms with Gasteiger partial charge in [-0.05, 0) is 61.4 Å². The molecule has 2 aromatic carbocycles. The van der Waals surface area contributed by atoms with E-state index in [4.69, 9.17) is 5.73 Å². The number of hydrogen-bond donors (Lipinski definition) is 3. The highest BCUT2D eigenvalue weighted by Gasteiger charge is 2.21. The van der Waals surface area contributed by atoms with Crippen LogP contribution >= 0.6 is 0 Å². The number of benzene rings is 2. The summed E-state index contributed by atoms with van der Waals surface area (Å²) in [6.07, 6.45) is 3.20. The number of nitrogens with two attached hydrogens (primary N) is 1. The first-order valence-electron chi connectivity index (χ1n) is 8.49. The molecule has 1 fully saturated rings. The van der Waals surface area contributed by atoms with Gasteiger partial charge in [0.05, 0.1) is 11.7 Å². The Morgan fingerprint density at radius 3 is 2.50 bits per heavy atom. The Morgan fingerprint density at radius 2 is 1.83 bits per heavy atom. The molecular formula is C20H24N2O2. The van der Waals surface area contributed by atoms with E-state index >= 15 is 0 Å². The van der Waals surface area contributed by atoms with Crippen molar-refractivity contribution >= 4 is 11.6 Å². The van der Waals surface area contributed by atoms with E-state index in [1.54, 1.807) is 0 Å². The van der Waals surface area contributed by atoms with Crippen molar-refractivity contribution in [3.05, 3.63) is 53.6 Å². The Balaban J connectivity index is 1.88. The molecule has 1 aliphatic carbocycles. The zero-order valence-electron chi connectivity index (χ0n) is 14.0. The quantitative estimate of drug-likeness (QED) is 0.806. The van der Waals surface area contributed by atoms with Gasteiger partial charge in [0.2, 0.25) is 0 Å². The van der Waals surface area contributed by atoms with E-state index in [0.717, 1.165) is 48.1 Å². The lowest BCUT2D eigenvalue weighted by Gasteiger charge is -2.27. The molecule has 4 N–H and O–H groups in total. The number of rotatable bonds is 4. The fourth-order valence-corrected chi connectivity index (χ4v) is 3.38. The van der Waals surface area contributed by atoms with Gasteiger partial charge in [0.25, 0.3) is 5.91 Å². The van der Waals surface area contributed by atoms with E-state index in [9.17, 15) is 9.90 Å². The van der Waals surface area contributed by atoms with Crippen LogP contribution in [-0.4, -0.2) is 23.2 Å². The zero-order chi connectivity index (χ0) is 17.1. The van der Waals surface area contributed by atoms with Crippen molar-refractivity contribution < 1.29 is 9.90 Å². The molecule has 0 saturated heterocycles. The van der Waals surface area contributed by atoms with Gasteiger partial charge in [-0.15, -0.1) is 0 Å². The normalized spacial score (nSPS) is 20.6. The summed E-state index contributed by atoms with van der Waals surface area (Å²) in [5.41, 5.74) is 10.2. The molecule has 126 valence electrons. The Hall–Kier alpha value is -2.33. The van der Waals surface area contributed by atoms with Crippen LogP contribution in [0, 0.1) is 6.92 Å². The molecule has 1 aliphatic rings. The number of amides is 1. The van der Waals surface area contributed by atoms with E-state index in [1.165, 1.54) is 0 Å². The van der Waals surface area contributed by atoms with Crippen LogP contribution in [0.5, 0.6) is 0 Å². The van der Waals surface area contributed by atoms with Crippen molar-refractivity contribution in [1.29, 1.82) is 0 Å². The smallest absolute Gasteiger partial charge is 0.250 e. The zero-order valence-corrected chi connectivity index (χ0v) is 14.0. The minimum atomic E-state index is -0.427. The van der Waals surface area contributed by atoms with Gasteiger partial charge in [0.15, 0.2) is 0 Å². The Kier molecular flexibility index (Phi) is 4.86. The number of aliphatic hydroxyl groups excluding tert-OH is 1. The maximum Gasteiger partial charge on any atom is 0.250 e. The van der Waals surface area contributed by atoms with Gasteiger partial charge in [-0.25, -0.2) is 0 Å². The van der Waals surface area contributed by atoms with Crippen LogP contribution in [0.1, 0.15) is 41.6 Å². The van der Waals surface area contributed by atoms with Gasteiger partial charge in [-0.2, -0.15) is 0 Å². The molecule has 1 saturated carbocycles. The molecule has 0 spiro atoms. The van der Waals surface area contributed by atoms with E-state index in [-0.39, 0.29) is 12.1 Å². The van der Waals surface area contributed by atoms with E-state index in [2.05, 4.69) is 18.3 Å². The largest absolute Gasteiger partial charge is 0.393 e. The second-order valence-corrected chi connectivity index (χ2v) is 6.59. The summed E-state index contributed by atoms with van der Waals surface area (Å²) < 4.78 is 0. The molecule has 24 heavy (non-hydrogen) atoms. The fourth-order valence-electron chi connectivity index (χ4n) is 3.38. The lowest BCUT2D eigenvalue weighted by molar-refractivity contribution is 0.100. The third kappa shape index (κ3) is 3.60. The molecule has 0 radical (unpaired) electrons. The number of hydrogen-bond acceptors (Lipinski definition) is 3. The monoisotopic (exact) mass is 324 g/mol. The van der Waals surface area contributed by atoms with Gasteiger partial charge in [0, 0.05) is 11.7 Å². The highest BCUT2D eigenvalue weighted by Crippen LogP contribution is 2.29. The summed E-state index contributed by atoms with van der Waals surface area (Å²) in [7, 11) is 0. The number of carbonyl (C=O) groups is 1. The molecular weight excluding hydrogens is 300 g/mol. The van der Waals surface area contributed by atoms with E-state index < -0.39 is 5.91 Å². The number of nitrogens with one attached hydrogen (secondary N) is 1. The first-order valence-corrected chi connectivity index (χ1v) is 8.49. The van der Waals surface area contributed by atoms with Crippen LogP contribution in [0.3, 0.4) is 0 Å². The molecule has 3 rings (SSSR count). The van der Waals surface area contributed by atoms with Crippen LogP contribution in [-0.2, 0) is 0 Å². The molecule has 1 amide bonds. The summed E-state index contributed by atoms with van der Waals surface area (Å²) in [5, 5.41) is 13.1. The number of aliphatic hydroxyl groups is 1. The van der Waals surface area contributed by atoms with Crippen LogP contribution in [0.2, 0.25) is 0 Å². The molecule has 4 heteroatoms. The van der Waals surface area contributed by atoms with Crippen LogP contribution in [0.4, 0.5) is 5.69 Å². The fraction of sp³-hybridized carbons (Fsp3) is 0.350. The van der Waals surface area contributed by atoms with Gasteiger partial charge in [-0.3, -0.25) is 4.79 Å². The van der Waals surface area contributed by atoms with Crippen molar-refractivity contribution in [2.75, 3.05) is 5.32 Å². The lowest BCUT2D eigenvalue weighted by Crippen LogP contribution is -2.29. The number of anilines is 1. The Morgan fingerprint density at radius 1 is 1.12 bits per heavy atom. The molecule has 0 unspecified atom stereocenters. The number of carbonyl (C=O) groups excluding carboxylic acids is 1. The highest BCUT2D eigenvalue weighted by atomic mass is 16.3. The number of primary amides is 1. The summed E-state index contributed by atoms with van der Waals surface area (Å²) in [6.45, 7) is 2.05. The molecule has 2 aromatic rings. The van der Waals surface area contributed by atoms with Gasteiger partial charge < -0.3 is 16.2 Å². The lowest BCUT2D eigenvalue weighted by atomic mass is 9.92. The third-order valence-corrected chi connectivity index (χ3v) is 4.80. The van der Waals surface area contributed by atoms with Gasteiger partial charge in [-0.1, -0.05) is 30.3 Å². The van der Waals surface area contributed by atoms with Crippen molar-refractivity contribution in [2.24, 2.45) is 5.73 Å². The predicted molar refractivity (Wildman–Crippen MR) is 97.0 cm³/mol. The maximum absolute atomic E-state index is 11.9. The topological polar surface area (TPSA) is 75.3 Å². The minimum absolute atomic E-state index is 0.193. The maximum atomic E-state index is 11.9. The second kappa shape index (κ2) is 7.05. The average Bonchev–Trinajstić information content (AvgIpc) is 2.58.